The van der Waals surface area contributed by atoms with Crippen LogP contribution in [0.2, 0.25) is 5.02 Å². The highest BCUT2D eigenvalue weighted by Gasteiger charge is 2.19. The summed E-state index contributed by atoms with van der Waals surface area (Å²) < 4.78 is 1.83. The van der Waals surface area contributed by atoms with Crippen molar-refractivity contribution in [2.45, 2.75) is 13.5 Å². The molecular weight excluding hydrogens is 226 g/mol. The van der Waals surface area contributed by atoms with E-state index < -0.39 is 0 Å². The molecule has 1 aliphatic heterocycles. The first-order chi connectivity index (χ1) is 7.66. The zero-order valence-electron chi connectivity index (χ0n) is 8.66. The summed E-state index contributed by atoms with van der Waals surface area (Å²) in [7, 11) is 0. The van der Waals surface area contributed by atoms with Crippen LogP contribution in [0.1, 0.15) is 11.1 Å². The second kappa shape index (κ2) is 3.15. The molecule has 0 amide bonds. The summed E-state index contributed by atoms with van der Waals surface area (Å²) in [6.07, 6.45) is 1.59. The second-order valence-electron chi connectivity index (χ2n) is 3.82. The molecule has 16 heavy (non-hydrogen) atoms. The molecule has 0 bridgehead atoms. The summed E-state index contributed by atoms with van der Waals surface area (Å²) in [4.78, 5) is 3.98. The van der Waals surface area contributed by atoms with Crippen molar-refractivity contribution < 1.29 is 5.11 Å². The quantitative estimate of drug-likeness (QED) is 0.738. The maximum Gasteiger partial charge on any atom is 0.231 e. The number of rotatable bonds is 0. The molecular formula is C11H10ClN3O. The fourth-order valence-electron chi connectivity index (χ4n) is 2.01. The number of aromatic hydroxyl groups is 1. The molecule has 0 spiro atoms. The molecule has 0 saturated heterocycles. The third-order valence-electron chi connectivity index (χ3n) is 2.88. The number of fused-ring (bicyclic) bond motifs is 3. The lowest BCUT2D eigenvalue weighted by Crippen LogP contribution is -2.16. The normalized spacial score (nSPS) is 12.9. The molecule has 3 rings (SSSR count). The third-order valence-corrected chi connectivity index (χ3v) is 3.29. The van der Waals surface area contributed by atoms with Gasteiger partial charge in [-0.25, -0.2) is 0 Å². The van der Waals surface area contributed by atoms with Crippen molar-refractivity contribution in [3.8, 4) is 11.6 Å². The van der Waals surface area contributed by atoms with E-state index >= 15 is 0 Å². The van der Waals surface area contributed by atoms with Gasteiger partial charge in [-0.15, -0.1) is 0 Å². The Bertz CT molecular complexity index is 577. The maximum absolute atomic E-state index is 9.38. The highest BCUT2D eigenvalue weighted by atomic mass is 35.5. The van der Waals surface area contributed by atoms with Crippen LogP contribution in [0.15, 0.2) is 18.3 Å². The van der Waals surface area contributed by atoms with Crippen molar-refractivity contribution in [1.29, 1.82) is 0 Å². The van der Waals surface area contributed by atoms with Crippen LogP contribution >= 0.6 is 11.6 Å². The predicted molar refractivity (Wildman–Crippen MR) is 62.3 cm³/mol. The molecule has 0 radical (unpaired) electrons. The summed E-state index contributed by atoms with van der Waals surface area (Å²) in [6, 6.07) is 3.80. The van der Waals surface area contributed by atoms with Crippen LogP contribution in [-0.2, 0) is 6.54 Å². The minimum atomic E-state index is 0.0166. The molecule has 0 atom stereocenters. The molecule has 0 fully saturated rings. The highest BCUT2D eigenvalue weighted by Crippen LogP contribution is 2.32. The summed E-state index contributed by atoms with van der Waals surface area (Å²) in [5.41, 5.74) is 3.21. The molecule has 4 nitrogen and oxygen atoms in total. The van der Waals surface area contributed by atoms with E-state index in [4.69, 9.17) is 11.6 Å². The van der Waals surface area contributed by atoms with E-state index in [1.54, 1.807) is 6.20 Å². The Labute approximate surface area is 97.5 Å². The number of halogens is 1. The number of imidazole rings is 1. The van der Waals surface area contributed by atoms with Crippen LogP contribution in [0.25, 0.3) is 5.69 Å². The minimum Gasteiger partial charge on any atom is -0.492 e. The average Bonchev–Trinajstić information content (AvgIpc) is 2.63. The van der Waals surface area contributed by atoms with Gasteiger partial charge in [0.25, 0.3) is 0 Å². The molecule has 1 aromatic heterocycles. The Kier molecular flexibility index (Phi) is 1.88. The van der Waals surface area contributed by atoms with Crippen LogP contribution in [0.5, 0.6) is 5.88 Å². The van der Waals surface area contributed by atoms with Crippen molar-refractivity contribution in [3.63, 3.8) is 0 Å². The zero-order valence-corrected chi connectivity index (χ0v) is 9.41. The highest BCUT2D eigenvalue weighted by molar-refractivity contribution is 6.31. The van der Waals surface area contributed by atoms with Crippen molar-refractivity contribution in [2.24, 2.45) is 0 Å². The number of benzene rings is 1. The van der Waals surface area contributed by atoms with Gasteiger partial charge >= 0.3 is 0 Å². The van der Waals surface area contributed by atoms with Gasteiger partial charge in [0.2, 0.25) is 11.8 Å². The third kappa shape index (κ3) is 1.20. The summed E-state index contributed by atoms with van der Waals surface area (Å²) in [6.45, 7) is 2.67. The van der Waals surface area contributed by atoms with Crippen molar-refractivity contribution in [3.05, 3.63) is 34.5 Å². The SMILES string of the molecule is Cc1c(Cl)ccc2c1CNc1nc(O)cn1-2. The molecule has 2 N–H and O–H groups in total. The molecule has 1 aromatic carbocycles. The largest absolute Gasteiger partial charge is 0.492 e. The Morgan fingerprint density at radius 3 is 3.12 bits per heavy atom. The van der Waals surface area contributed by atoms with E-state index in [1.807, 2.05) is 23.6 Å². The molecule has 2 heterocycles. The zero-order chi connectivity index (χ0) is 11.3. The van der Waals surface area contributed by atoms with Gasteiger partial charge in [0, 0.05) is 11.6 Å². The first kappa shape index (κ1) is 9.54. The fourth-order valence-corrected chi connectivity index (χ4v) is 2.18. The van der Waals surface area contributed by atoms with E-state index in [2.05, 4.69) is 10.3 Å². The minimum absolute atomic E-state index is 0.0166. The van der Waals surface area contributed by atoms with Crippen molar-refractivity contribution in [2.75, 3.05) is 5.32 Å². The van der Waals surface area contributed by atoms with E-state index in [0.717, 1.165) is 21.8 Å². The molecule has 2 aromatic rings. The van der Waals surface area contributed by atoms with Gasteiger partial charge in [0.05, 0.1) is 11.9 Å². The molecule has 82 valence electrons. The topological polar surface area (TPSA) is 50.1 Å². The number of aromatic nitrogens is 2. The Morgan fingerprint density at radius 1 is 1.50 bits per heavy atom. The molecule has 1 aliphatic rings. The van der Waals surface area contributed by atoms with Crippen LogP contribution in [-0.4, -0.2) is 14.7 Å². The van der Waals surface area contributed by atoms with E-state index in [0.29, 0.717) is 12.5 Å². The standard InChI is InChI=1S/C11H10ClN3O/c1-6-7-4-13-11-14-10(16)5-15(11)9(7)3-2-8(6)12/h2-3,5,16H,4H2,1H3,(H,13,14). The Hall–Kier alpha value is -1.68. The predicted octanol–water partition coefficient (Wildman–Crippen LogP) is 2.47. The Balaban J connectivity index is 2.29. The molecule has 0 aliphatic carbocycles. The van der Waals surface area contributed by atoms with Gasteiger partial charge in [0.1, 0.15) is 0 Å². The van der Waals surface area contributed by atoms with Gasteiger partial charge in [-0.1, -0.05) is 11.6 Å². The lowest BCUT2D eigenvalue weighted by Gasteiger charge is -2.21. The monoisotopic (exact) mass is 235 g/mol. The van der Waals surface area contributed by atoms with Gasteiger partial charge in [-0.3, -0.25) is 4.57 Å². The fraction of sp³-hybridized carbons (Fsp3) is 0.182. The number of nitrogens with zero attached hydrogens (tertiary/aromatic N) is 2. The summed E-state index contributed by atoms with van der Waals surface area (Å²) in [5, 5.41) is 13.3. The van der Waals surface area contributed by atoms with Crippen LogP contribution in [0.4, 0.5) is 5.95 Å². The van der Waals surface area contributed by atoms with E-state index in [-0.39, 0.29) is 5.88 Å². The molecule has 0 unspecified atom stereocenters. The van der Waals surface area contributed by atoms with Crippen molar-refractivity contribution in [1.82, 2.24) is 9.55 Å². The lowest BCUT2D eigenvalue weighted by atomic mass is 10.1. The number of anilines is 1. The number of hydrogen-bond donors (Lipinski definition) is 2. The summed E-state index contributed by atoms with van der Waals surface area (Å²) >= 11 is 6.08. The Morgan fingerprint density at radius 2 is 2.31 bits per heavy atom. The van der Waals surface area contributed by atoms with Gasteiger partial charge in [0.15, 0.2) is 0 Å². The van der Waals surface area contributed by atoms with Crippen LogP contribution < -0.4 is 5.32 Å². The smallest absolute Gasteiger partial charge is 0.231 e. The second-order valence-corrected chi connectivity index (χ2v) is 4.22. The number of hydrogen-bond acceptors (Lipinski definition) is 3. The van der Waals surface area contributed by atoms with E-state index in [9.17, 15) is 5.11 Å². The summed E-state index contributed by atoms with van der Waals surface area (Å²) in [5.74, 6) is 0.676. The lowest BCUT2D eigenvalue weighted by molar-refractivity contribution is 0.456. The van der Waals surface area contributed by atoms with Gasteiger partial charge in [-0.05, 0) is 30.2 Å². The van der Waals surface area contributed by atoms with Crippen LogP contribution in [0, 0.1) is 6.92 Å². The maximum atomic E-state index is 9.38. The number of nitrogens with one attached hydrogen (secondary N) is 1. The molecule has 5 heteroatoms. The van der Waals surface area contributed by atoms with Gasteiger partial charge < -0.3 is 10.4 Å². The van der Waals surface area contributed by atoms with Crippen LogP contribution in [0.3, 0.4) is 0 Å². The molecule has 0 saturated carbocycles. The van der Waals surface area contributed by atoms with Crippen molar-refractivity contribution >= 4 is 17.5 Å². The first-order valence-corrected chi connectivity index (χ1v) is 5.35. The van der Waals surface area contributed by atoms with Gasteiger partial charge in [-0.2, -0.15) is 4.98 Å². The van der Waals surface area contributed by atoms with E-state index in [1.165, 1.54) is 0 Å². The average molecular weight is 236 g/mol. The first-order valence-electron chi connectivity index (χ1n) is 4.97.